The van der Waals surface area contributed by atoms with Gasteiger partial charge >= 0.3 is 0 Å². The SMILES string of the molecule is CC1(C)CCCNC1CNC(=O)c1cccc2c1OCCO2. The van der Waals surface area contributed by atoms with Crippen LogP contribution in [0.3, 0.4) is 0 Å². The van der Waals surface area contributed by atoms with E-state index < -0.39 is 0 Å². The molecule has 2 heterocycles. The Hall–Kier alpha value is -1.75. The van der Waals surface area contributed by atoms with Crippen molar-refractivity contribution in [1.29, 1.82) is 0 Å². The number of hydrogen-bond acceptors (Lipinski definition) is 4. The summed E-state index contributed by atoms with van der Waals surface area (Å²) in [5, 5.41) is 6.55. The molecule has 2 aliphatic heterocycles. The van der Waals surface area contributed by atoms with Gasteiger partial charge in [0.15, 0.2) is 11.5 Å². The number of ether oxygens (including phenoxy) is 2. The van der Waals surface area contributed by atoms with E-state index in [0.29, 0.717) is 42.9 Å². The van der Waals surface area contributed by atoms with Crippen LogP contribution in [0.4, 0.5) is 0 Å². The summed E-state index contributed by atoms with van der Waals surface area (Å²) in [5.74, 6) is 1.10. The van der Waals surface area contributed by atoms with Crippen LogP contribution in [0.15, 0.2) is 18.2 Å². The summed E-state index contributed by atoms with van der Waals surface area (Å²) >= 11 is 0. The molecule has 2 N–H and O–H groups in total. The van der Waals surface area contributed by atoms with Gasteiger partial charge in [-0.15, -0.1) is 0 Å². The molecular weight excluding hydrogens is 280 g/mol. The summed E-state index contributed by atoms with van der Waals surface area (Å²) in [5.41, 5.74) is 0.743. The predicted molar refractivity (Wildman–Crippen MR) is 84.6 cm³/mol. The first-order valence-electron chi connectivity index (χ1n) is 7.98. The molecular formula is C17H24N2O3. The molecule has 1 fully saturated rings. The third-order valence-corrected chi connectivity index (χ3v) is 4.61. The molecule has 5 heteroatoms. The third-order valence-electron chi connectivity index (χ3n) is 4.61. The Balaban J connectivity index is 1.68. The Labute approximate surface area is 131 Å². The molecule has 22 heavy (non-hydrogen) atoms. The van der Waals surface area contributed by atoms with Crippen LogP contribution in [-0.2, 0) is 0 Å². The highest BCUT2D eigenvalue weighted by molar-refractivity contribution is 5.97. The van der Waals surface area contributed by atoms with Gasteiger partial charge in [0.2, 0.25) is 0 Å². The van der Waals surface area contributed by atoms with Gasteiger partial charge < -0.3 is 20.1 Å². The number of amides is 1. The fourth-order valence-electron chi connectivity index (χ4n) is 3.16. The summed E-state index contributed by atoms with van der Waals surface area (Å²) in [7, 11) is 0. The number of carbonyl (C=O) groups is 1. The van der Waals surface area contributed by atoms with Crippen LogP contribution < -0.4 is 20.1 Å². The molecule has 2 aliphatic rings. The Morgan fingerprint density at radius 3 is 3.00 bits per heavy atom. The minimum atomic E-state index is -0.106. The van der Waals surface area contributed by atoms with Gasteiger partial charge in [-0.3, -0.25) is 4.79 Å². The van der Waals surface area contributed by atoms with Crippen LogP contribution in [0.1, 0.15) is 37.0 Å². The van der Waals surface area contributed by atoms with Crippen molar-refractivity contribution in [2.24, 2.45) is 5.41 Å². The zero-order valence-electron chi connectivity index (χ0n) is 13.3. The van der Waals surface area contributed by atoms with Gasteiger partial charge in [-0.2, -0.15) is 0 Å². The van der Waals surface area contributed by atoms with E-state index >= 15 is 0 Å². The third kappa shape index (κ3) is 3.04. The second-order valence-corrected chi connectivity index (χ2v) is 6.64. The molecule has 1 aromatic rings. The second-order valence-electron chi connectivity index (χ2n) is 6.64. The molecule has 1 atom stereocenters. The molecule has 1 saturated heterocycles. The maximum atomic E-state index is 12.5. The monoisotopic (exact) mass is 304 g/mol. The number of fused-ring (bicyclic) bond motifs is 1. The Kier molecular flexibility index (Phi) is 4.25. The van der Waals surface area contributed by atoms with E-state index in [1.54, 1.807) is 6.07 Å². The molecule has 5 nitrogen and oxygen atoms in total. The summed E-state index contributed by atoms with van der Waals surface area (Å²) in [4.78, 5) is 12.5. The maximum Gasteiger partial charge on any atom is 0.255 e. The fraction of sp³-hybridized carbons (Fsp3) is 0.588. The lowest BCUT2D eigenvalue weighted by atomic mass is 9.77. The molecule has 1 amide bonds. The average molecular weight is 304 g/mol. The van der Waals surface area contributed by atoms with Crippen molar-refractivity contribution in [3.05, 3.63) is 23.8 Å². The lowest BCUT2D eigenvalue weighted by Crippen LogP contribution is -2.52. The molecule has 0 radical (unpaired) electrons. The van der Waals surface area contributed by atoms with Gasteiger partial charge in [-0.25, -0.2) is 0 Å². The van der Waals surface area contributed by atoms with Crippen LogP contribution in [0.5, 0.6) is 11.5 Å². The van der Waals surface area contributed by atoms with Crippen molar-refractivity contribution in [2.75, 3.05) is 26.3 Å². The number of hydrogen-bond donors (Lipinski definition) is 2. The molecule has 0 spiro atoms. The van der Waals surface area contributed by atoms with Crippen molar-refractivity contribution in [3.8, 4) is 11.5 Å². The van der Waals surface area contributed by atoms with Crippen molar-refractivity contribution < 1.29 is 14.3 Å². The van der Waals surface area contributed by atoms with Gasteiger partial charge in [-0.05, 0) is 36.9 Å². The first kappa shape index (κ1) is 15.2. The summed E-state index contributed by atoms with van der Waals surface area (Å²) in [6, 6.07) is 5.73. The normalized spacial score (nSPS) is 22.9. The molecule has 120 valence electrons. The molecule has 0 bridgehead atoms. The quantitative estimate of drug-likeness (QED) is 0.896. The Morgan fingerprint density at radius 1 is 1.36 bits per heavy atom. The van der Waals surface area contributed by atoms with Crippen LogP contribution in [0.25, 0.3) is 0 Å². The van der Waals surface area contributed by atoms with Crippen LogP contribution >= 0.6 is 0 Å². The number of nitrogens with one attached hydrogen (secondary N) is 2. The highest BCUT2D eigenvalue weighted by Crippen LogP contribution is 2.34. The van der Waals surface area contributed by atoms with Crippen LogP contribution in [0.2, 0.25) is 0 Å². The first-order chi connectivity index (χ1) is 10.6. The van der Waals surface area contributed by atoms with Gasteiger partial charge in [0, 0.05) is 12.6 Å². The van der Waals surface area contributed by atoms with Gasteiger partial charge in [0.05, 0.1) is 5.56 Å². The maximum absolute atomic E-state index is 12.5. The highest BCUT2D eigenvalue weighted by atomic mass is 16.6. The van der Waals surface area contributed by atoms with E-state index in [1.165, 1.54) is 12.8 Å². The highest BCUT2D eigenvalue weighted by Gasteiger charge is 2.32. The van der Waals surface area contributed by atoms with Gasteiger partial charge in [-0.1, -0.05) is 19.9 Å². The fourth-order valence-corrected chi connectivity index (χ4v) is 3.16. The van der Waals surface area contributed by atoms with E-state index in [4.69, 9.17) is 9.47 Å². The van der Waals surface area contributed by atoms with Crippen LogP contribution in [-0.4, -0.2) is 38.3 Å². The number of rotatable bonds is 3. The largest absolute Gasteiger partial charge is 0.486 e. The predicted octanol–water partition coefficient (Wildman–Crippen LogP) is 1.97. The number of carbonyl (C=O) groups excluding carboxylic acids is 1. The minimum absolute atomic E-state index is 0.106. The molecule has 0 saturated carbocycles. The van der Waals surface area contributed by atoms with E-state index in [2.05, 4.69) is 24.5 Å². The second kappa shape index (κ2) is 6.16. The Morgan fingerprint density at radius 2 is 2.18 bits per heavy atom. The van der Waals surface area contributed by atoms with Crippen molar-refractivity contribution in [2.45, 2.75) is 32.7 Å². The summed E-state index contributed by atoms with van der Waals surface area (Å²) in [6.45, 7) is 7.14. The number of piperidine rings is 1. The van der Waals surface area contributed by atoms with Crippen molar-refractivity contribution in [3.63, 3.8) is 0 Å². The van der Waals surface area contributed by atoms with Crippen LogP contribution in [0, 0.1) is 5.41 Å². The smallest absolute Gasteiger partial charge is 0.255 e. The first-order valence-corrected chi connectivity index (χ1v) is 7.98. The lowest BCUT2D eigenvalue weighted by Gasteiger charge is -2.39. The number of benzene rings is 1. The average Bonchev–Trinajstić information content (AvgIpc) is 2.52. The zero-order chi connectivity index (χ0) is 15.6. The standard InChI is InChI=1S/C17H24N2O3/c1-17(2)7-4-8-18-14(17)11-19-16(20)12-5-3-6-13-15(12)22-10-9-21-13/h3,5-6,14,18H,4,7-11H2,1-2H3,(H,19,20). The summed E-state index contributed by atoms with van der Waals surface area (Å²) < 4.78 is 11.1. The zero-order valence-corrected chi connectivity index (χ0v) is 13.3. The van der Waals surface area contributed by atoms with E-state index in [0.717, 1.165) is 6.54 Å². The Bertz CT molecular complexity index is 557. The molecule has 0 aliphatic carbocycles. The molecule has 3 rings (SSSR count). The van der Waals surface area contributed by atoms with E-state index in [1.807, 2.05) is 12.1 Å². The lowest BCUT2D eigenvalue weighted by molar-refractivity contribution is 0.0918. The van der Waals surface area contributed by atoms with Crippen molar-refractivity contribution in [1.82, 2.24) is 10.6 Å². The molecule has 0 aromatic heterocycles. The van der Waals surface area contributed by atoms with E-state index in [-0.39, 0.29) is 11.3 Å². The minimum Gasteiger partial charge on any atom is -0.486 e. The molecule has 1 unspecified atom stereocenters. The molecule has 1 aromatic carbocycles. The van der Waals surface area contributed by atoms with E-state index in [9.17, 15) is 4.79 Å². The number of para-hydroxylation sites is 1. The van der Waals surface area contributed by atoms with Gasteiger partial charge in [0.1, 0.15) is 13.2 Å². The van der Waals surface area contributed by atoms with Gasteiger partial charge in [0.25, 0.3) is 5.91 Å². The topological polar surface area (TPSA) is 59.6 Å². The van der Waals surface area contributed by atoms with Crippen molar-refractivity contribution >= 4 is 5.91 Å². The summed E-state index contributed by atoms with van der Waals surface area (Å²) in [6.07, 6.45) is 2.37.